The van der Waals surface area contributed by atoms with Crippen LogP contribution in [0.4, 0.5) is 18.9 Å². The van der Waals surface area contributed by atoms with Gasteiger partial charge < -0.3 is 5.32 Å². The first-order valence-corrected chi connectivity index (χ1v) is 5.64. The smallest absolute Gasteiger partial charge is 0.325 e. The van der Waals surface area contributed by atoms with Crippen LogP contribution in [0, 0.1) is 0 Å². The molecule has 0 aliphatic heterocycles. The third-order valence-corrected chi connectivity index (χ3v) is 2.54. The molecule has 0 spiro atoms. The summed E-state index contributed by atoms with van der Waals surface area (Å²) >= 11 is 1.36. The first-order valence-electron chi connectivity index (χ1n) is 4.42. The SMILES string of the molecule is CSc1ccccc1NC(=O)CC(F)(F)F. The average Bonchev–Trinajstić information content (AvgIpc) is 2.15. The van der Waals surface area contributed by atoms with E-state index in [1.165, 1.54) is 11.8 Å². The first-order chi connectivity index (χ1) is 7.42. The summed E-state index contributed by atoms with van der Waals surface area (Å²) in [6.07, 6.45) is -4.15. The lowest BCUT2D eigenvalue weighted by atomic mass is 10.3. The third-order valence-electron chi connectivity index (χ3n) is 1.74. The number of rotatable bonds is 3. The number of hydrogen-bond donors (Lipinski definition) is 1. The van der Waals surface area contributed by atoms with Crippen LogP contribution in [0.2, 0.25) is 0 Å². The van der Waals surface area contributed by atoms with Crippen molar-refractivity contribution in [2.45, 2.75) is 17.5 Å². The largest absolute Gasteiger partial charge is 0.397 e. The number of thioether (sulfide) groups is 1. The van der Waals surface area contributed by atoms with Crippen molar-refractivity contribution in [2.24, 2.45) is 0 Å². The van der Waals surface area contributed by atoms with Crippen molar-refractivity contribution in [3.8, 4) is 0 Å². The van der Waals surface area contributed by atoms with Crippen LogP contribution in [-0.2, 0) is 4.79 Å². The highest BCUT2D eigenvalue weighted by molar-refractivity contribution is 7.98. The molecule has 0 unspecified atom stereocenters. The van der Waals surface area contributed by atoms with E-state index >= 15 is 0 Å². The van der Waals surface area contributed by atoms with Gasteiger partial charge in [-0.2, -0.15) is 13.2 Å². The molecule has 0 radical (unpaired) electrons. The normalized spacial score (nSPS) is 11.2. The second kappa shape index (κ2) is 5.25. The van der Waals surface area contributed by atoms with Gasteiger partial charge in [-0.1, -0.05) is 12.1 Å². The van der Waals surface area contributed by atoms with E-state index in [4.69, 9.17) is 0 Å². The van der Waals surface area contributed by atoms with E-state index in [1.54, 1.807) is 30.5 Å². The molecular formula is C10H10F3NOS. The fourth-order valence-electron chi connectivity index (χ4n) is 1.12. The van der Waals surface area contributed by atoms with Crippen LogP contribution in [0.3, 0.4) is 0 Å². The minimum Gasteiger partial charge on any atom is -0.325 e. The Morgan fingerprint density at radius 1 is 1.38 bits per heavy atom. The second-order valence-electron chi connectivity index (χ2n) is 3.04. The molecule has 1 rings (SSSR count). The molecule has 1 amide bonds. The molecule has 0 aliphatic carbocycles. The molecule has 1 aromatic rings. The zero-order valence-electron chi connectivity index (χ0n) is 8.47. The minimum absolute atomic E-state index is 0.407. The number of anilines is 1. The van der Waals surface area contributed by atoms with Gasteiger partial charge in [-0.15, -0.1) is 11.8 Å². The number of benzene rings is 1. The molecule has 0 heterocycles. The van der Waals surface area contributed by atoms with Crippen molar-refractivity contribution in [2.75, 3.05) is 11.6 Å². The van der Waals surface area contributed by atoms with Gasteiger partial charge in [0.05, 0.1) is 5.69 Å². The number of hydrogen-bond acceptors (Lipinski definition) is 2. The maximum atomic E-state index is 11.9. The van der Waals surface area contributed by atoms with Gasteiger partial charge in [0.2, 0.25) is 5.91 Å². The lowest BCUT2D eigenvalue weighted by Crippen LogP contribution is -2.21. The van der Waals surface area contributed by atoms with Crippen molar-refractivity contribution >= 4 is 23.4 Å². The summed E-state index contributed by atoms with van der Waals surface area (Å²) in [5.74, 6) is -1.05. The van der Waals surface area contributed by atoms with Gasteiger partial charge >= 0.3 is 6.18 Å². The molecule has 0 fully saturated rings. The first kappa shape index (κ1) is 12.9. The Hall–Kier alpha value is -1.17. The molecule has 1 N–H and O–H groups in total. The van der Waals surface area contributed by atoms with Crippen LogP contribution in [-0.4, -0.2) is 18.3 Å². The van der Waals surface area contributed by atoms with Crippen LogP contribution in [0.1, 0.15) is 6.42 Å². The van der Waals surface area contributed by atoms with Gasteiger partial charge in [-0.05, 0) is 18.4 Å². The molecule has 16 heavy (non-hydrogen) atoms. The number of carbonyl (C=O) groups is 1. The third kappa shape index (κ3) is 4.14. The molecule has 0 saturated heterocycles. The zero-order valence-corrected chi connectivity index (χ0v) is 9.28. The molecule has 0 aromatic heterocycles. The summed E-state index contributed by atoms with van der Waals surface area (Å²) in [5, 5.41) is 2.24. The molecule has 0 aliphatic rings. The average molecular weight is 249 g/mol. The maximum absolute atomic E-state index is 11.9. The highest BCUT2D eigenvalue weighted by atomic mass is 32.2. The summed E-state index contributed by atoms with van der Waals surface area (Å²) in [5.41, 5.74) is 0.407. The molecule has 1 aromatic carbocycles. The standard InChI is InChI=1S/C10H10F3NOS/c1-16-8-5-3-2-4-7(8)14-9(15)6-10(11,12)13/h2-5H,6H2,1H3,(H,14,15). The van der Waals surface area contributed by atoms with E-state index in [0.29, 0.717) is 5.69 Å². The molecule has 0 atom stereocenters. The monoisotopic (exact) mass is 249 g/mol. The number of alkyl halides is 3. The predicted molar refractivity (Wildman–Crippen MR) is 57.5 cm³/mol. The van der Waals surface area contributed by atoms with Crippen molar-refractivity contribution in [3.05, 3.63) is 24.3 Å². The number of amides is 1. The fraction of sp³-hybridized carbons (Fsp3) is 0.300. The van der Waals surface area contributed by atoms with E-state index in [0.717, 1.165) is 4.90 Å². The summed E-state index contributed by atoms with van der Waals surface area (Å²) in [4.78, 5) is 11.8. The Morgan fingerprint density at radius 2 is 2.00 bits per heavy atom. The number of nitrogens with one attached hydrogen (secondary N) is 1. The molecule has 0 bridgehead atoms. The molecule has 0 saturated carbocycles. The highest BCUT2D eigenvalue weighted by Crippen LogP contribution is 2.26. The summed E-state index contributed by atoms with van der Waals surface area (Å²) in [6.45, 7) is 0. The van der Waals surface area contributed by atoms with E-state index in [9.17, 15) is 18.0 Å². The second-order valence-corrected chi connectivity index (χ2v) is 3.89. The molecule has 88 valence electrons. The van der Waals surface area contributed by atoms with Gasteiger partial charge in [0.15, 0.2) is 0 Å². The van der Waals surface area contributed by atoms with Gasteiger partial charge in [-0.25, -0.2) is 0 Å². The summed E-state index contributed by atoms with van der Waals surface area (Å²) < 4.78 is 35.8. The predicted octanol–water partition coefficient (Wildman–Crippen LogP) is 3.30. The minimum atomic E-state index is -4.47. The van der Waals surface area contributed by atoms with Crippen molar-refractivity contribution in [1.82, 2.24) is 0 Å². The van der Waals surface area contributed by atoms with Crippen LogP contribution < -0.4 is 5.32 Å². The van der Waals surface area contributed by atoms with Crippen molar-refractivity contribution in [1.29, 1.82) is 0 Å². The zero-order chi connectivity index (χ0) is 12.2. The number of carbonyl (C=O) groups excluding carboxylic acids is 1. The Kier molecular flexibility index (Phi) is 4.23. The van der Waals surface area contributed by atoms with Crippen LogP contribution >= 0.6 is 11.8 Å². The van der Waals surface area contributed by atoms with E-state index in [2.05, 4.69) is 5.32 Å². The van der Waals surface area contributed by atoms with E-state index in [-0.39, 0.29) is 0 Å². The number of para-hydroxylation sites is 1. The maximum Gasteiger partial charge on any atom is 0.397 e. The Morgan fingerprint density at radius 3 is 2.56 bits per heavy atom. The van der Waals surface area contributed by atoms with Gasteiger partial charge in [-0.3, -0.25) is 4.79 Å². The Labute approximate surface area is 95.2 Å². The Bertz CT molecular complexity index is 379. The lowest BCUT2D eigenvalue weighted by molar-refractivity contribution is -0.150. The number of halogens is 3. The summed E-state index contributed by atoms with van der Waals surface area (Å²) in [7, 11) is 0. The van der Waals surface area contributed by atoms with Gasteiger partial charge in [0, 0.05) is 4.90 Å². The van der Waals surface area contributed by atoms with Crippen molar-refractivity contribution < 1.29 is 18.0 Å². The molecule has 2 nitrogen and oxygen atoms in total. The molecule has 6 heteroatoms. The van der Waals surface area contributed by atoms with Gasteiger partial charge in [0.25, 0.3) is 0 Å². The fourth-order valence-corrected chi connectivity index (χ4v) is 1.68. The van der Waals surface area contributed by atoms with Crippen LogP contribution in [0.25, 0.3) is 0 Å². The quantitative estimate of drug-likeness (QED) is 0.833. The molecular weight excluding hydrogens is 239 g/mol. The van der Waals surface area contributed by atoms with Crippen LogP contribution in [0.15, 0.2) is 29.2 Å². The van der Waals surface area contributed by atoms with Gasteiger partial charge in [0.1, 0.15) is 6.42 Å². The summed E-state index contributed by atoms with van der Waals surface area (Å²) in [6, 6.07) is 6.71. The highest BCUT2D eigenvalue weighted by Gasteiger charge is 2.31. The topological polar surface area (TPSA) is 29.1 Å². The van der Waals surface area contributed by atoms with E-state index in [1.807, 2.05) is 0 Å². The van der Waals surface area contributed by atoms with Crippen LogP contribution in [0.5, 0.6) is 0 Å². The van der Waals surface area contributed by atoms with E-state index < -0.39 is 18.5 Å². The Balaban J connectivity index is 2.70. The lowest BCUT2D eigenvalue weighted by Gasteiger charge is -2.10. The van der Waals surface area contributed by atoms with Crippen molar-refractivity contribution in [3.63, 3.8) is 0 Å².